The first-order chi connectivity index (χ1) is 8.22. The molecule has 0 saturated heterocycles. The second-order valence-corrected chi connectivity index (χ2v) is 4.12. The Morgan fingerprint density at radius 2 is 2.47 bits per heavy atom. The molecule has 0 unspecified atom stereocenters. The Labute approximate surface area is 105 Å². The lowest BCUT2D eigenvalue weighted by Gasteiger charge is -2.11. The van der Waals surface area contributed by atoms with Gasteiger partial charge in [-0.05, 0) is 24.6 Å². The van der Waals surface area contributed by atoms with Crippen LogP contribution in [0.2, 0.25) is 5.02 Å². The van der Waals surface area contributed by atoms with Gasteiger partial charge in [-0.15, -0.1) is 0 Å². The van der Waals surface area contributed by atoms with E-state index in [2.05, 4.69) is 10.5 Å². The lowest BCUT2D eigenvalue weighted by molar-refractivity contribution is -0.135. The van der Waals surface area contributed by atoms with Gasteiger partial charge in [0.1, 0.15) is 0 Å². The van der Waals surface area contributed by atoms with Crippen molar-refractivity contribution in [1.82, 2.24) is 5.43 Å². The Morgan fingerprint density at radius 1 is 1.65 bits per heavy atom. The van der Waals surface area contributed by atoms with Crippen molar-refractivity contribution < 1.29 is 9.53 Å². The van der Waals surface area contributed by atoms with Gasteiger partial charge in [0, 0.05) is 11.6 Å². The molecule has 2 rings (SSSR count). The number of nitrogens with zero attached hydrogens (tertiary/aromatic N) is 1. The summed E-state index contributed by atoms with van der Waals surface area (Å²) in [7, 11) is 0. The Kier molecular flexibility index (Phi) is 3.64. The number of carbonyl (C=O) groups is 1. The lowest BCUT2D eigenvalue weighted by Crippen LogP contribution is -2.23. The van der Waals surface area contributed by atoms with E-state index in [1.807, 2.05) is 18.2 Å². The Balaban J connectivity index is 2.22. The topological polar surface area (TPSA) is 50.7 Å². The van der Waals surface area contributed by atoms with Crippen LogP contribution in [0.25, 0.3) is 0 Å². The standard InChI is InChI=1S/C12H13ClN2O2/c1-2-17-12(16)11-10(7-14-15-11)8-4-3-5-9(13)6-8/h3-6,10,14H,2,7H2,1H3/t10-/m0/s1. The van der Waals surface area contributed by atoms with E-state index in [0.717, 1.165) is 5.56 Å². The Bertz CT molecular complexity index is 460. The van der Waals surface area contributed by atoms with Crippen molar-refractivity contribution in [3.63, 3.8) is 0 Å². The van der Waals surface area contributed by atoms with Crippen molar-refractivity contribution in [2.24, 2.45) is 5.10 Å². The van der Waals surface area contributed by atoms with Gasteiger partial charge in [0.05, 0.1) is 12.5 Å². The zero-order valence-corrected chi connectivity index (χ0v) is 10.2. The summed E-state index contributed by atoms with van der Waals surface area (Å²) in [4.78, 5) is 11.7. The van der Waals surface area contributed by atoms with Crippen molar-refractivity contribution in [3.8, 4) is 0 Å². The molecule has 0 spiro atoms. The normalized spacial score (nSPS) is 18.5. The first kappa shape index (κ1) is 11.9. The van der Waals surface area contributed by atoms with Crippen LogP contribution in [0.15, 0.2) is 29.4 Å². The van der Waals surface area contributed by atoms with Gasteiger partial charge in [-0.25, -0.2) is 4.79 Å². The third kappa shape index (κ3) is 2.58. The van der Waals surface area contributed by atoms with Gasteiger partial charge < -0.3 is 10.2 Å². The molecule has 1 N–H and O–H groups in total. The van der Waals surface area contributed by atoms with E-state index >= 15 is 0 Å². The van der Waals surface area contributed by atoms with Crippen LogP contribution >= 0.6 is 11.6 Å². The highest BCUT2D eigenvalue weighted by molar-refractivity contribution is 6.39. The zero-order valence-electron chi connectivity index (χ0n) is 9.44. The first-order valence-corrected chi connectivity index (χ1v) is 5.83. The summed E-state index contributed by atoms with van der Waals surface area (Å²) < 4.78 is 4.97. The maximum atomic E-state index is 11.7. The SMILES string of the molecule is CCOC(=O)C1=NNC[C@H]1c1cccc(Cl)c1. The number of nitrogens with one attached hydrogen (secondary N) is 1. The van der Waals surface area contributed by atoms with Crippen LogP contribution in [0, 0.1) is 0 Å². The average Bonchev–Trinajstić information content (AvgIpc) is 2.78. The molecule has 17 heavy (non-hydrogen) atoms. The average molecular weight is 253 g/mol. The number of esters is 1. The highest BCUT2D eigenvalue weighted by Gasteiger charge is 2.29. The number of ether oxygens (including phenoxy) is 1. The van der Waals surface area contributed by atoms with Crippen LogP contribution in [0.4, 0.5) is 0 Å². The van der Waals surface area contributed by atoms with E-state index < -0.39 is 0 Å². The summed E-state index contributed by atoms with van der Waals surface area (Å²) >= 11 is 5.94. The molecule has 0 aromatic heterocycles. The predicted molar refractivity (Wildman–Crippen MR) is 66.3 cm³/mol. The third-order valence-electron chi connectivity index (χ3n) is 2.56. The fraction of sp³-hybridized carbons (Fsp3) is 0.333. The number of carbonyl (C=O) groups excluding carboxylic acids is 1. The minimum absolute atomic E-state index is 0.0900. The van der Waals surface area contributed by atoms with E-state index in [4.69, 9.17) is 16.3 Å². The number of rotatable bonds is 3. The molecule has 1 aromatic carbocycles. The predicted octanol–water partition coefficient (Wildman–Crippen LogP) is 1.95. The fourth-order valence-electron chi connectivity index (χ4n) is 1.79. The smallest absolute Gasteiger partial charge is 0.355 e. The minimum Gasteiger partial charge on any atom is -0.461 e. The Hall–Kier alpha value is -1.55. The van der Waals surface area contributed by atoms with E-state index in [9.17, 15) is 4.79 Å². The van der Waals surface area contributed by atoms with Crippen LogP contribution in [0.5, 0.6) is 0 Å². The van der Waals surface area contributed by atoms with Crippen LogP contribution in [-0.4, -0.2) is 24.8 Å². The summed E-state index contributed by atoms with van der Waals surface area (Å²) in [5.74, 6) is -0.463. The second kappa shape index (κ2) is 5.19. The van der Waals surface area contributed by atoms with Crippen LogP contribution in [-0.2, 0) is 9.53 Å². The molecular formula is C12H13ClN2O2. The van der Waals surface area contributed by atoms with Crippen molar-refractivity contribution in [2.45, 2.75) is 12.8 Å². The third-order valence-corrected chi connectivity index (χ3v) is 2.80. The molecule has 0 saturated carbocycles. The number of hydrogen-bond acceptors (Lipinski definition) is 4. The van der Waals surface area contributed by atoms with Gasteiger partial charge in [-0.1, -0.05) is 23.7 Å². The maximum absolute atomic E-state index is 11.7. The highest BCUT2D eigenvalue weighted by atomic mass is 35.5. The minimum atomic E-state index is -0.373. The number of halogens is 1. The number of hydrazone groups is 1. The van der Waals surface area contributed by atoms with Crippen LogP contribution in [0.3, 0.4) is 0 Å². The quantitative estimate of drug-likeness (QED) is 0.837. The highest BCUT2D eigenvalue weighted by Crippen LogP contribution is 2.23. The van der Waals surface area contributed by atoms with Gasteiger partial charge in [-0.3, -0.25) is 0 Å². The van der Waals surface area contributed by atoms with Crippen molar-refractivity contribution in [3.05, 3.63) is 34.9 Å². The lowest BCUT2D eigenvalue weighted by atomic mass is 9.95. The number of hydrogen-bond donors (Lipinski definition) is 1. The fourth-order valence-corrected chi connectivity index (χ4v) is 1.99. The van der Waals surface area contributed by atoms with Crippen molar-refractivity contribution in [1.29, 1.82) is 0 Å². The molecule has 1 aliphatic rings. The molecular weight excluding hydrogens is 240 g/mol. The molecule has 4 nitrogen and oxygen atoms in total. The molecule has 0 radical (unpaired) electrons. The van der Waals surface area contributed by atoms with E-state index in [1.165, 1.54) is 0 Å². The van der Waals surface area contributed by atoms with Gasteiger partial charge >= 0.3 is 5.97 Å². The molecule has 1 atom stereocenters. The van der Waals surface area contributed by atoms with Crippen molar-refractivity contribution >= 4 is 23.3 Å². The summed E-state index contributed by atoms with van der Waals surface area (Å²) in [5.41, 5.74) is 4.20. The number of benzene rings is 1. The molecule has 5 heteroatoms. The van der Waals surface area contributed by atoms with Gasteiger partial charge in [0.15, 0.2) is 5.71 Å². The molecule has 1 aromatic rings. The van der Waals surface area contributed by atoms with E-state index in [-0.39, 0.29) is 11.9 Å². The van der Waals surface area contributed by atoms with Gasteiger partial charge in [0.25, 0.3) is 0 Å². The molecule has 1 heterocycles. The summed E-state index contributed by atoms with van der Waals surface area (Å²) in [6, 6.07) is 7.43. The summed E-state index contributed by atoms with van der Waals surface area (Å²) in [6.45, 7) is 2.71. The van der Waals surface area contributed by atoms with Gasteiger partial charge in [-0.2, -0.15) is 5.10 Å². The zero-order chi connectivity index (χ0) is 12.3. The molecule has 0 bridgehead atoms. The van der Waals surface area contributed by atoms with E-state index in [0.29, 0.717) is 23.9 Å². The van der Waals surface area contributed by atoms with Crippen LogP contribution < -0.4 is 5.43 Å². The molecule has 0 amide bonds. The first-order valence-electron chi connectivity index (χ1n) is 5.45. The molecule has 1 aliphatic heterocycles. The van der Waals surface area contributed by atoms with Crippen molar-refractivity contribution in [2.75, 3.05) is 13.2 Å². The Morgan fingerprint density at radius 3 is 3.18 bits per heavy atom. The summed E-state index contributed by atoms with van der Waals surface area (Å²) in [6.07, 6.45) is 0. The largest absolute Gasteiger partial charge is 0.461 e. The monoisotopic (exact) mass is 252 g/mol. The second-order valence-electron chi connectivity index (χ2n) is 3.69. The molecule has 0 aliphatic carbocycles. The summed E-state index contributed by atoms with van der Waals surface area (Å²) in [5, 5.41) is 4.64. The molecule has 90 valence electrons. The maximum Gasteiger partial charge on any atom is 0.355 e. The van der Waals surface area contributed by atoms with Gasteiger partial charge in [0.2, 0.25) is 0 Å². The van der Waals surface area contributed by atoms with Crippen LogP contribution in [0.1, 0.15) is 18.4 Å². The molecule has 0 fully saturated rings. The van der Waals surface area contributed by atoms with E-state index in [1.54, 1.807) is 13.0 Å².